The molecule has 0 atom stereocenters. The zero-order chi connectivity index (χ0) is 46.6. The fourth-order valence-corrected chi connectivity index (χ4v) is 5.24. The van der Waals surface area contributed by atoms with Crippen molar-refractivity contribution in [3.05, 3.63) is 147 Å². The van der Waals surface area contributed by atoms with E-state index in [0.29, 0.717) is 37.0 Å². The number of aromatic nitrogens is 6. The van der Waals surface area contributed by atoms with Crippen LogP contribution in [0.1, 0.15) is 33.6 Å². The van der Waals surface area contributed by atoms with Gasteiger partial charge < -0.3 is 20.5 Å². The summed E-state index contributed by atoms with van der Waals surface area (Å²) >= 11 is 16.2. The van der Waals surface area contributed by atoms with Crippen LogP contribution in [0.3, 0.4) is 0 Å². The minimum absolute atomic E-state index is 0.00119. The lowest BCUT2D eigenvalue weighted by molar-refractivity contribution is -0.141. The summed E-state index contributed by atoms with van der Waals surface area (Å²) in [7, 11) is 0. The number of benzene rings is 2. The van der Waals surface area contributed by atoms with Crippen molar-refractivity contribution in [2.24, 2.45) is 5.73 Å². The van der Waals surface area contributed by atoms with Crippen LogP contribution in [0.5, 0.6) is 23.3 Å². The van der Waals surface area contributed by atoms with Crippen LogP contribution < -0.4 is 20.5 Å². The zero-order valence-corrected chi connectivity index (χ0v) is 33.6. The lowest BCUT2D eigenvalue weighted by Crippen LogP contribution is -2.13. The minimum atomic E-state index is -4.69. The molecule has 4 heterocycles. The Labute approximate surface area is 363 Å². The van der Waals surface area contributed by atoms with E-state index in [9.17, 15) is 52.7 Å². The Morgan fingerprint density at radius 2 is 0.921 bits per heavy atom. The van der Waals surface area contributed by atoms with Crippen LogP contribution in [-0.2, 0) is 37.5 Å². The van der Waals surface area contributed by atoms with E-state index in [1.807, 2.05) is 12.1 Å². The van der Waals surface area contributed by atoms with Crippen molar-refractivity contribution in [1.82, 2.24) is 29.9 Å². The van der Waals surface area contributed by atoms with Gasteiger partial charge in [0.2, 0.25) is 11.8 Å². The second kappa shape index (κ2) is 21.6. The molecule has 336 valence electrons. The van der Waals surface area contributed by atoms with Crippen molar-refractivity contribution in [2.45, 2.75) is 37.5 Å². The minimum Gasteiger partial charge on any atom is -0.439 e. The molecule has 0 spiro atoms. The number of ether oxygens (including phenoxy) is 2. The number of rotatable bonds is 10. The van der Waals surface area contributed by atoms with Gasteiger partial charge in [0.05, 0.1) is 11.1 Å². The highest BCUT2D eigenvalue weighted by molar-refractivity contribution is 6.41. The van der Waals surface area contributed by atoms with Gasteiger partial charge in [0, 0.05) is 31.1 Å². The number of alkyl halides is 12. The van der Waals surface area contributed by atoms with E-state index < -0.39 is 62.4 Å². The Balaban J connectivity index is 0.000000232. The SMILES string of the molecule is FC(F)(F)c1ccc(Oc2ccc(CCNc3ncnc(C(F)(F)F)c3Cl)cc2)nc1.FC(F)(F)c1ncnc(Cl)c1Cl.NCCc1ccc(Oc2ccc(C(F)(F)F)cn2)cc1. The van der Waals surface area contributed by atoms with E-state index in [1.165, 1.54) is 6.07 Å². The molecule has 0 bridgehead atoms. The molecule has 4 aromatic heterocycles. The molecule has 0 saturated carbocycles. The molecule has 10 nitrogen and oxygen atoms in total. The van der Waals surface area contributed by atoms with Crippen molar-refractivity contribution < 1.29 is 62.2 Å². The van der Waals surface area contributed by atoms with Gasteiger partial charge in [0.1, 0.15) is 40.0 Å². The average molecular weight is 962 g/mol. The summed E-state index contributed by atoms with van der Waals surface area (Å²) in [5, 5.41) is 1.04. The van der Waals surface area contributed by atoms with Gasteiger partial charge in [-0.3, -0.25) is 0 Å². The largest absolute Gasteiger partial charge is 0.439 e. The van der Waals surface area contributed by atoms with Gasteiger partial charge in [-0.05, 0) is 66.9 Å². The zero-order valence-electron chi connectivity index (χ0n) is 31.3. The molecule has 0 aliphatic rings. The van der Waals surface area contributed by atoms with Gasteiger partial charge in [-0.25, -0.2) is 29.9 Å². The average Bonchev–Trinajstić information content (AvgIpc) is 3.20. The van der Waals surface area contributed by atoms with Crippen LogP contribution in [0.4, 0.5) is 58.5 Å². The summed E-state index contributed by atoms with van der Waals surface area (Å²) in [6.45, 7) is 0.801. The van der Waals surface area contributed by atoms with Gasteiger partial charge in [-0.1, -0.05) is 59.1 Å². The van der Waals surface area contributed by atoms with Crippen LogP contribution in [0.25, 0.3) is 0 Å². The quantitative estimate of drug-likeness (QED) is 0.101. The number of pyridine rings is 2. The van der Waals surface area contributed by atoms with Gasteiger partial charge in [-0.15, -0.1) is 0 Å². The highest BCUT2D eigenvalue weighted by Gasteiger charge is 2.37. The first-order valence-corrected chi connectivity index (χ1v) is 18.4. The number of hydrogen-bond donors (Lipinski definition) is 2. The predicted molar refractivity (Wildman–Crippen MR) is 206 cm³/mol. The molecule has 3 N–H and O–H groups in total. The molecule has 0 radical (unpaired) electrons. The lowest BCUT2D eigenvalue weighted by Gasteiger charge is -2.12. The van der Waals surface area contributed by atoms with Crippen LogP contribution in [0, 0.1) is 0 Å². The third-order valence-electron chi connectivity index (χ3n) is 7.63. The van der Waals surface area contributed by atoms with Crippen LogP contribution >= 0.6 is 34.8 Å². The van der Waals surface area contributed by atoms with E-state index >= 15 is 0 Å². The first kappa shape index (κ1) is 49.9. The maximum atomic E-state index is 12.8. The summed E-state index contributed by atoms with van der Waals surface area (Å²) in [4.78, 5) is 20.4. The smallest absolute Gasteiger partial charge is 0.435 e. The summed E-state index contributed by atoms with van der Waals surface area (Å²) in [6, 6.07) is 17.8. The fourth-order valence-electron chi connectivity index (χ4n) is 4.64. The van der Waals surface area contributed by atoms with Crippen LogP contribution in [0.2, 0.25) is 15.2 Å². The molecule has 63 heavy (non-hydrogen) atoms. The topological polar surface area (TPSA) is 134 Å². The highest BCUT2D eigenvalue weighted by Crippen LogP contribution is 2.37. The molecule has 0 unspecified atom stereocenters. The molecule has 6 aromatic rings. The molecule has 25 heteroatoms. The summed E-state index contributed by atoms with van der Waals surface area (Å²) < 4.78 is 160. The second-order valence-electron chi connectivity index (χ2n) is 12.2. The molecule has 0 aliphatic heterocycles. The Kier molecular flexibility index (Phi) is 17.1. The molecular weight excluding hydrogens is 935 g/mol. The number of nitrogens with zero attached hydrogens (tertiary/aromatic N) is 6. The predicted octanol–water partition coefficient (Wildman–Crippen LogP) is 12.2. The normalized spacial score (nSPS) is 11.7. The third-order valence-corrected chi connectivity index (χ3v) is 8.73. The van der Waals surface area contributed by atoms with E-state index in [-0.39, 0.29) is 24.1 Å². The van der Waals surface area contributed by atoms with Gasteiger partial charge in [0.25, 0.3) is 0 Å². The number of nitrogens with two attached hydrogens (primary N) is 1. The fraction of sp³-hybridized carbons (Fsp3) is 0.211. The maximum Gasteiger partial charge on any atom is 0.435 e. The van der Waals surface area contributed by atoms with Gasteiger partial charge in [0.15, 0.2) is 16.5 Å². The molecule has 6 rings (SSSR count). The summed E-state index contributed by atoms with van der Waals surface area (Å²) in [5.74, 6) is 0.860. The van der Waals surface area contributed by atoms with E-state index in [0.717, 1.165) is 48.3 Å². The van der Waals surface area contributed by atoms with Crippen LogP contribution in [-0.4, -0.2) is 43.0 Å². The number of anilines is 1. The molecular formula is C38H27Cl3F12N8O2. The van der Waals surface area contributed by atoms with Crippen LogP contribution in [0.15, 0.2) is 97.8 Å². The third kappa shape index (κ3) is 15.6. The number of hydrogen-bond acceptors (Lipinski definition) is 10. The second-order valence-corrected chi connectivity index (χ2v) is 13.3. The van der Waals surface area contributed by atoms with E-state index in [2.05, 4.69) is 35.2 Å². The molecule has 0 amide bonds. The molecule has 2 aromatic carbocycles. The van der Waals surface area contributed by atoms with Crippen molar-refractivity contribution in [3.63, 3.8) is 0 Å². The first-order chi connectivity index (χ1) is 29.4. The van der Waals surface area contributed by atoms with E-state index in [1.54, 1.807) is 36.4 Å². The maximum absolute atomic E-state index is 12.8. The monoisotopic (exact) mass is 960 g/mol. The Bertz CT molecular complexity index is 2370. The van der Waals surface area contributed by atoms with Crippen molar-refractivity contribution in [1.29, 1.82) is 0 Å². The van der Waals surface area contributed by atoms with Gasteiger partial charge in [-0.2, -0.15) is 52.7 Å². The van der Waals surface area contributed by atoms with Crippen molar-refractivity contribution in [2.75, 3.05) is 18.4 Å². The van der Waals surface area contributed by atoms with Gasteiger partial charge >= 0.3 is 24.7 Å². The molecule has 0 aliphatic carbocycles. The standard InChI is InChI=1S/C19H13ClF6N4O.C14H13F3N2O.C5HCl2F3N2/c20-15-16(19(24,25)26)29-10-30-17(15)27-8-7-11-1-4-13(5-2-11)31-14-6-3-12(9-28-14)18(21,22)23;15-14(16,17)11-3-6-13(19-9-11)20-12-4-1-10(2-5-12)7-8-18;6-2-3(5(8,9)10)11-1-12-4(2)7/h1-6,9-10H,7-8H2,(H,27,29,30);1-6,9H,7-8,18H2;1H. The lowest BCUT2D eigenvalue weighted by atomic mass is 10.1. The summed E-state index contributed by atoms with van der Waals surface area (Å²) in [5.41, 5.74) is 3.21. The summed E-state index contributed by atoms with van der Waals surface area (Å²) in [6.07, 6.45) is -14.1. The first-order valence-electron chi connectivity index (χ1n) is 17.3. The molecule has 0 fully saturated rings. The number of halogens is 15. The van der Waals surface area contributed by atoms with E-state index in [4.69, 9.17) is 50.0 Å². The molecule has 0 saturated heterocycles. The Morgan fingerprint density at radius 1 is 0.492 bits per heavy atom. The Hall–Kier alpha value is -5.71. The van der Waals surface area contributed by atoms with Crippen molar-refractivity contribution >= 4 is 40.6 Å². The van der Waals surface area contributed by atoms with Crippen molar-refractivity contribution in [3.8, 4) is 23.3 Å². The Morgan fingerprint density at radius 3 is 1.30 bits per heavy atom. The number of nitrogens with one attached hydrogen (secondary N) is 1. The highest BCUT2D eigenvalue weighted by atomic mass is 35.5.